The number of rotatable bonds is 6. The van der Waals surface area contributed by atoms with Gasteiger partial charge >= 0.3 is 0 Å². The molecule has 1 saturated heterocycles. The van der Waals surface area contributed by atoms with Crippen molar-refractivity contribution >= 4 is 5.82 Å². The van der Waals surface area contributed by atoms with Crippen LogP contribution in [0.5, 0.6) is 0 Å². The molecule has 4 rings (SSSR count). The van der Waals surface area contributed by atoms with Gasteiger partial charge in [0.1, 0.15) is 5.82 Å². The molecule has 0 aromatic carbocycles. The highest BCUT2D eigenvalue weighted by Gasteiger charge is 2.25. The van der Waals surface area contributed by atoms with E-state index in [4.69, 9.17) is 9.97 Å². The van der Waals surface area contributed by atoms with Gasteiger partial charge in [0, 0.05) is 41.8 Å². The van der Waals surface area contributed by atoms with E-state index in [0.717, 1.165) is 36.6 Å². The van der Waals surface area contributed by atoms with Crippen molar-refractivity contribution in [2.45, 2.75) is 51.5 Å². The van der Waals surface area contributed by atoms with E-state index in [1.807, 2.05) is 18.3 Å². The quantitative estimate of drug-likeness (QED) is 0.876. The molecule has 5 heteroatoms. The lowest BCUT2D eigenvalue weighted by Gasteiger charge is -2.24. The summed E-state index contributed by atoms with van der Waals surface area (Å²) in [6.07, 6.45) is 10.8. The van der Waals surface area contributed by atoms with E-state index in [0.29, 0.717) is 6.04 Å². The first-order chi connectivity index (χ1) is 12.3. The molecule has 0 saturated carbocycles. The van der Waals surface area contributed by atoms with Crippen LogP contribution in [0.15, 0.2) is 24.5 Å². The molecule has 0 unspecified atom stereocenters. The minimum Gasteiger partial charge on any atom is -0.368 e. The Hall–Kier alpha value is -2.01. The van der Waals surface area contributed by atoms with Crippen LogP contribution in [0.4, 0.5) is 5.82 Å². The van der Waals surface area contributed by atoms with Crippen molar-refractivity contribution in [2.24, 2.45) is 0 Å². The number of aromatic nitrogens is 3. The second kappa shape index (κ2) is 7.48. The maximum atomic E-state index is 4.87. The maximum Gasteiger partial charge on any atom is 0.163 e. The Morgan fingerprint density at radius 2 is 2.20 bits per heavy atom. The average Bonchev–Trinajstić information content (AvgIpc) is 3.30. The number of hydrogen-bond donors (Lipinski definition) is 1. The van der Waals surface area contributed by atoms with Crippen molar-refractivity contribution in [1.82, 2.24) is 19.9 Å². The van der Waals surface area contributed by atoms with E-state index >= 15 is 0 Å². The van der Waals surface area contributed by atoms with Gasteiger partial charge in [0.25, 0.3) is 0 Å². The summed E-state index contributed by atoms with van der Waals surface area (Å²) in [7, 11) is 0. The van der Waals surface area contributed by atoms with Crippen LogP contribution in [0.25, 0.3) is 11.4 Å². The smallest absolute Gasteiger partial charge is 0.163 e. The number of nitrogens with zero attached hydrogens (tertiary/aromatic N) is 4. The van der Waals surface area contributed by atoms with Gasteiger partial charge in [-0.3, -0.25) is 9.88 Å². The molecule has 1 N–H and O–H groups in total. The Labute approximate surface area is 149 Å². The van der Waals surface area contributed by atoms with E-state index in [-0.39, 0.29) is 0 Å². The summed E-state index contributed by atoms with van der Waals surface area (Å²) in [6, 6.07) is 4.61. The number of anilines is 1. The fourth-order valence-corrected chi connectivity index (χ4v) is 4.13. The predicted molar refractivity (Wildman–Crippen MR) is 101 cm³/mol. The van der Waals surface area contributed by atoms with Crippen LogP contribution in [0, 0.1) is 0 Å². The molecule has 3 heterocycles. The molecule has 1 fully saturated rings. The highest BCUT2D eigenvalue weighted by molar-refractivity contribution is 5.59. The van der Waals surface area contributed by atoms with E-state index in [9.17, 15) is 0 Å². The van der Waals surface area contributed by atoms with Gasteiger partial charge in [-0.2, -0.15) is 0 Å². The molecule has 5 nitrogen and oxygen atoms in total. The molecule has 132 valence electrons. The van der Waals surface area contributed by atoms with Gasteiger partial charge in [-0.05, 0) is 63.7 Å². The van der Waals surface area contributed by atoms with Crippen LogP contribution in [0.3, 0.4) is 0 Å². The fraction of sp³-hybridized carbons (Fsp3) is 0.550. The van der Waals surface area contributed by atoms with Gasteiger partial charge in [0.2, 0.25) is 0 Å². The Bertz CT molecular complexity index is 716. The maximum absolute atomic E-state index is 4.87. The summed E-state index contributed by atoms with van der Waals surface area (Å²) < 4.78 is 0. The molecule has 1 atom stereocenters. The lowest BCUT2D eigenvalue weighted by molar-refractivity contribution is 0.263. The lowest BCUT2D eigenvalue weighted by atomic mass is 10.2. The Kier molecular flexibility index (Phi) is 4.92. The molecule has 0 spiro atoms. The summed E-state index contributed by atoms with van der Waals surface area (Å²) in [5.74, 6) is 1.85. The standard InChI is InChI=1S/C20H27N5/c1-2-11-25-12-5-7-16(25)14-22-20-17-8-3-9-18(17)23-19(24-20)15-6-4-10-21-13-15/h4,6,10,13,16H,2-3,5,7-9,11-12,14H2,1H3,(H,22,23,24)/t16-/m0/s1. The zero-order valence-corrected chi connectivity index (χ0v) is 15.0. The highest BCUT2D eigenvalue weighted by atomic mass is 15.2. The zero-order valence-electron chi connectivity index (χ0n) is 15.0. The average molecular weight is 337 g/mol. The van der Waals surface area contributed by atoms with Gasteiger partial charge in [-0.1, -0.05) is 6.92 Å². The van der Waals surface area contributed by atoms with Crippen LogP contribution in [-0.4, -0.2) is 45.5 Å². The minimum atomic E-state index is 0.633. The largest absolute Gasteiger partial charge is 0.368 e. The summed E-state index contributed by atoms with van der Waals surface area (Å²) in [6.45, 7) is 5.69. The number of hydrogen-bond acceptors (Lipinski definition) is 5. The van der Waals surface area contributed by atoms with Crippen LogP contribution >= 0.6 is 0 Å². The third-order valence-electron chi connectivity index (χ3n) is 5.37. The van der Waals surface area contributed by atoms with Crippen LogP contribution < -0.4 is 5.32 Å². The molecule has 0 amide bonds. The van der Waals surface area contributed by atoms with E-state index in [1.165, 1.54) is 50.0 Å². The van der Waals surface area contributed by atoms with Crippen LogP contribution in [-0.2, 0) is 12.8 Å². The predicted octanol–water partition coefficient (Wildman–Crippen LogP) is 3.31. The van der Waals surface area contributed by atoms with Gasteiger partial charge in [-0.15, -0.1) is 0 Å². The number of fused-ring (bicyclic) bond motifs is 1. The monoisotopic (exact) mass is 337 g/mol. The number of aryl methyl sites for hydroxylation is 1. The third kappa shape index (κ3) is 3.52. The van der Waals surface area contributed by atoms with Crippen molar-refractivity contribution in [2.75, 3.05) is 25.0 Å². The Balaban J connectivity index is 1.55. The van der Waals surface area contributed by atoms with Crippen molar-refractivity contribution < 1.29 is 0 Å². The number of nitrogens with one attached hydrogen (secondary N) is 1. The molecular formula is C20H27N5. The SMILES string of the molecule is CCCN1CCC[C@H]1CNc1nc(-c2cccnc2)nc2c1CCC2. The first-order valence-corrected chi connectivity index (χ1v) is 9.63. The second-order valence-electron chi connectivity index (χ2n) is 7.13. The van der Waals surface area contributed by atoms with Crippen molar-refractivity contribution in [3.63, 3.8) is 0 Å². The van der Waals surface area contributed by atoms with Gasteiger partial charge < -0.3 is 5.32 Å². The molecule has 2 aromatic heterocycles. The molecule has 25 heavy (non-hydrogen) atoms. The van der Waals surface area contributed by atoms with Crippen LogP contribution in [0.1, 0.15) is 43.9 Å². The number of likely N-dealkylation sites (tertiary alicyclic amines) is 1. The summed E-state index contributed by atoms with van der Waals surface area (Å²) >= 11 is 0. The second-order valence-corrected chi connectivity index (χ2v) is 7.13. The van der Waals surface area contributed by atoms with Crippen LogP contribution in [0.2, 0.25) is 0 Å². The molecule has 1 aliphatic heterocycles. The molecule has 2 aromatic rings. The van der Waals surface area contributed by atoms with Crippen molar-refractivity contribution in [1.29, 1.82) is 0 Å². The molecule has 0 radical (unpaired) electrons. The molecule has 2 aliphatic rings. The van der Waals surface area contributed by atoms with E-state index in [1.54, 1.807) is 6.20 Å². The van der Waals surface area contributed by atoms with Gasteiger partial charge in [0.05, 0.1) is 0 Å². The summed E-state index contributed by atoms with van der Waals surface area (Å²) in [5.41, 5.74) is 3.54. The van der Waals surface area contributed by atoms with Gasteiger partial charge in [-0.25, -0.2) is 9.97 Å². The fourth-order valence-electron chi connectivity index (χ4n) is 4.13. The summed E-state index contributed by atoms with van der Waals surface area (Å²) in [4.78, 5) is 16.5. The minimum absolute atomic E-state index is 0.633. The van der Waals surface area contributed by atoms with Gasteiger partial charge in [0.15, 0.2) is 5.82 Å². The molecule has 0 bridgehead atoms. The molecule has 1 aliphatic carbocycles. The third-order valence-corrected chi connectivity index (χ3v) is 5.37. The van der Waals surface area contributed by atoms with E-state index < -0.39 is 0 Å². The van der Waals surface area contributed by atoms with Crippen molar-refractivity contribution in [3.8, 4) is 11.4 Å². The Morgan fingerprint density at radius 3 is 3.04 bits per heavy atom. The normalized spacial score (nSPS) is 20.0. The zero-order chi connectivity index (χ0) is 17.1. The summed E-state index contributed by atoms with van der Waals surface area (Å²) in [5, 5.41) is 3.67. The van der Waals surface area contributed by atoms with Crippen molar-refractivity contribution in [3.05, 3.63) is 35.8 Å². The highest BCUT2D eigenvalue weighted by Crippen LogP contribution is 2.29. The number of pyridine rings is 1. The topological polar surface area (TPSA) is 53.9 Å². The Morgan fingerprint density at radius 1 is 1.24 bits per heavy atom. The van der Waals surface area contributed by atoms with E-state index in [2.05, 4.69) is 22.1 Å². The lowest BCUT2D eigenvalue weighted by Crippen LogP contribution is -2.35. The first kappa shape index (κ1) is 16.5. The molecular weight excluding hydrogens is 310 g/mol. The first-order valence-electron chi connectivity index (χ1n) is 9.63.